The molecule has 23 heavy (non-hydrogen) atoms. The zero-order chi connectivity index (χ0) is 17.5. The van der Waals surface area contributed by atoms with E-state index in [1.54, 1.807) is 6.92 Å². The van der Waals surface area contributed by atoms with Crippen molar-refractivity contribution in [1.82, 2.24) is 5.32 Å². The Morgan fingerprint density at radius 2 is 1.87 bits per heavy atom. The van der Waals surface area contributed by atoms with Gasteiger partial charge in [0.05, 0.1) is 18.6 Å². The smallest absolute Gasteiger partial charge is 0.305 e. The van der Waals surface area contributed by atoms with E-state index >= 15 is 0 Å². The summed E-state index contributed by atoms with van der Waals surface area (Å²) in [6, 6.07) is 9.90. The first-order valence-corrected chi connectivity index (χ1v) is 7.84. The Kier molecular flexibility index (Phi) is 7.23. The standard InChI is InChI=1S/C18H27NO4/c1-13(2)15(14-8-6-5-7-9-14)10-16(20)19-18(3,12-23-4)11-17(21)22/h5-9,13,15H,10-12H2,1-4H3,(H,19,20)(H,21,22). The van der Waals surface area contributed by atoms with Gasteiger partial charge in [-0.1, -0.05) is 44.2 Å². The normalized spacial score (nSPS) is 15.0. The molecule has 1 rings (SSSR count). The Bertz CT molecular complexity index is 515. The third-order valence-electron chi connectivity index (χ3n) is 3.88. The Hall–Kier alpha value is -1.88. The van der Waals surface area contributed by atoms with Gasteiger partial charge in [-0.15, -0.1) is 0 Å². The van der Waals surface area contributed by atoms with Gasteiger partial charge < -0.3 is 15.2 Å². The van der Waals surface area contributed by atoms with Crippen LogP contribution in [-0.4, -0.2) is 36.2 Å². The van der Waals surface area contributed by atoms with E-state index in [0.29, 0.717) is 12.3 Å². The molecule has 0 saturated carbocycles. The maximum absolute atomic E-state index is 12.4. The molecule has 0 bridgehead atoms. The average molecular weight is 321 g/mol. The fraction of sp³-hybridized carbons (Fsp3) is 0.556. The number of amides is 1. The molecule has 128 valence electrons. The first-order valence-electron chi connectivity index (χ1n) is 7.84. The molecule has 5 heteroatoms. The van der Waals surface area contributed by atoms with Crippen molar-refractivity contribution in [3.8, 4) is 0 Å². The zero-order valence-electron chi connectivity index (χ0n) is 14.3. The fourth-order valence-corrected chi connectivity index (χ4v) is 2.81. The third kappa shape index (κ3) is 6.40. The van der Waals surface area contributed by atoms with Gasteiger partial charge in [0.2, 0.25) is 5.91 Å². The minimum Gasteiger partial charge on any atom is -0.481 e. The number of aliphatic carboxylic acids is 1. The van der Waals surface area contributed by atoms with E-state index in [1.807, 2.05) is 30.3 Å². The summed E-state index contributed by atoms with van der Waals surface area (Å²) in [5.41, 5.74) is 0.208. The summed E-state index contributed by atoms with van der Waals surface area (Å²) in [4.78, 5) is 23.5. The van der Waals surface area contributed by atoms with E-state index in [-0.39, 0.29) is 24.9 Å². The van der Waals surface area contributed by atoms with Crippen molar-refractivity contribution < 1.29 is 19.4 Å². The molecule has 0 heterocycles. The van der Waals surface area contributed by atoms with Gasteiger partial charge in [0.1, 0.15) is 0 Å². The van der Waals surface area contributed by atoms with Gasteiger partial charge in [0, 0.05) is 13.5 Å². The summed E-state index contributed by atoms with van der Waals surface area (Å²) in [7, 11) is 1.49. The molecule has 0 aliphatic rings. The largest absolute Gasteiger partial charge is 0.481 e. The van der Waals surface area contributed by atoms with Gasteiger partial charge in [-0.2, -0.15) is 0 Å². The Balaban J connectivity index is 2.80. The van der Waals surface area contributed by atoms with Gasteiger partial charge >= 0.3 is 5.97 Å². The number of hydrogen-bond acceptors (Lipinski definition) is 3. The minimum absolute atomic E-state index is 0.0906. The van der Waals surface area contributed by atoms with Gasteiger partial charge in [-0.25, -0.2) is 0 Å². The first kappa shape index (κ1) is 19.2. The van der Waals surface area contributed by atoms with Crippen molar-refractivity contribution in [1.29, 1.82) is 0 Å². The van der Waals surface area contributed by atoms with Crippen molar-refractivity contribution >= 4 is 11.9 Å². The highest BCUT2D eigenvalue weighted by atomic mass is 16.5. The van der Waals surface area contributed by atoms with Crippen molar-refractivity contribution in [3.05, 3.63) is 35.9 Å². The summed E-state index contributed by atoms with van der Waals surface area (Å²) in [5.74, 6) is -0.731. The van der Waals surface area contributed by atoms with Crippen molar-refractivity contribution in [2.75, 3.05) is 13.7 Å². The molecule has 1 aromatic rings. The van der Waals surface area contributed by atoms with Crippen LogP contribution in [0.1, 0.15) is 45.1 Å². The molecule has 0 spiro atoms. The monoisotopic (exact) mass is 321 g/mol. The number of benzene rings is 1. The first-order chi connectivity index (χ1) is 10.8. The molecule has 0 aliphatic heterocycles. The van der Waals surface area contributed by atoms with Crippen LogP contribution in [-0.2, 0) is 14.3 Å². The van der Waals surface area contributed by atoms with Crippen LogP contribution in [0.5, 0.6) is 0 Å². The molecule has 0 radical (unpaired) electrons. The third-order valence-corrected chi connectivity index (χ3v) is 3.88. The van der Waals surface area contributed by atoms with Crippen molar-refractivity contribution in [2.24, 2.45) is 5.92 Å². The second-order valence-corrected chi connectivity index (χ2v) is 6.58. The number of carboxylic acid groups (broad SMARTS) is 1. The Labute approximate surface area is 138 Å². The molecule has 1 aromatic carbocycles. The van der Waals surface area contributed by atoms with E-state index in [2.05, 4.69) is 19.2 Å². The lowest BCUT2D eigenvalue weighted by Gasteiger charge is -2.30. The molecule has 5 nitrogen and oxygen atoms in total. The predicted molar refractivity (Wildman–Crippen MR) is 89.3 cm³/mol. The number of methoxy groups -OCH3 is 1. The van der Waals surface area contributed by atoms with E-state index in [1.165, 1.54) is 7.11 Å². The predicted octanol–water partition coefficient (Wildman–Crippen LogP) is 2.81. The molecule has 1 amide bonds. The average Bonchev–Trinajstić information content (AvgIpc) is 2.44. The number of rotatable bonds is 9. The van der Waals surface area contributed by atoms with Crippen LogP contribution in [0.4, 0.5) is 0 Å². The van der Waals surface area contributed by atoms with Gasteiger partial charge in [-0.3, -0.25) is 9.59 Å². The van der Waals surface area contributed by atoms with E-state index in [9.17, 15) is 9.59 Å². The van der Waals surface area contributed by atoms with Crippen LogP contribution in [0.25, 0.3) is 0 Å². The lowest BCUT2D eigenvalue weighted by atomic mass is 9.85. The highest BCUT2D eigenvalue weighted by Gasteiger charge is 2.31. The maximum Gasteiger partial charge on any atom is 0.305 e. The van der Waals surface area contributed by atoms with Gasteiger partial charge in [0.15, 0.2) is 0 Å². The molecule has 2 N–H and O–H groups in total. The van der Waals surface area contributed by atoms with Gasteiger partial charge in [0.25, 0.3) is 0 Å². The van der Waals surface area contributed by atoms with E-state index in [4.69, 9.17) is 9.84 Å². The number of carbonyl (C=O) groups is 2. The molecule has 2 unspecified atom stereocenters. The van der Waals surface area contributed by atoms with Crippen LogP contribution in [0, 0.1) is 5.92 Å². The van der Waals surface area contributed by atoms with Crippen molar-refractivity contribution in [3.63, 3.8) is 0 Å². The second-order valence-electron chi connectivity index (χ2n) is 6.58. The number of carboxylic acids is 1. The minimum atomic E-state index is -0.965. The highest BCUT2D eigenvalue weighted by molar-refractivity contribution is 5.79. The molecular weight excluding hydrogens is 294 g/mol. The summed E-state index contributed by atoms with van der Waals surface area (Å²) in [6.07, 6.45) is 0.144. The van der Waals surface area contributed by atoms with Crippen LogP contribution in [0.3, 0.4) is 0 Å². The van der Waals surface area contributed by atoms with Crippen LogP contribution in [0.2, 0.25) is 0 Å². The summed E-state index contributed by atoms with van der Waals surface area (Å²) >= 11 is 0. The molecular formula is C18H27NO4. The topological polar surface area (TPSA) is 75.6 Å². The second kappa shape index (κ2) is 8.67. The molecule has 0 aliphatic carbocycles. The summed E-state index contributed by atoms with van der Waals surface area (Å²) < 4.78 is 5.07. The SMILES string of the molecule is COCC(C)(CC(=O)O)NC(=O)CC(c1ccccc1)C(C)C. The number of hydrogen-bond donors (Lipinski definition) is 2. The number of carbonyl (C=O) groups excluding carboxylic acids is 1. The lowest BCUT2D eigenvalue weighted by Crippen LogP contribution is -2.51. The van der Waals surface area contributed by atoms with Crippen molar-refractivity contribution in [2.45, 2.75) is 45.1 Å². The maximum atomic E-state index is 12.4. The molecule has 0 saturated heterocycles. The zero-order valence-corrected chi connectivity index (χ0v) is 14.3. The number of ether oxygens (including phenoxy) is 1. The van der Waals surface area contributed by atoms with Crippen LogP contribution in [0.15, 0.2) is 30.3 Å². The number of nitrogens with one attached hydrogen (secondary N) is 1. The lowest BCUT2D eigenvalue weighted by molar-refractivity contribution is -0.139. The quantitative estimate of drug-likeness (QED) is 0.733. The summed E-state index contributed by atoms with van der Waals surface area (Å²) in [5, 5.41) is 11.9. The van der Waals surface area contributed by atoms with E-state index in [0.717, 1.165) is 5.56 Å². The van der Waals surface area contributed by atoms with Crippen LogP contribution >= 0.6 is 0 Å². The summed E-state index contributed by atoms with van der Waals surface area (Å²) in [6.45, 7) is 6.01. The fourth-order valence-electron chi connectivity index (χ4n) is 2.81. The highest BCUT2D eigenvalue weighted by Crippen LogP contribution is 2.28. The molecule has 0 aromatic heterocycles. The van der Waals surface area contributed by atoms with Crippen LogP contribution < -0.4 is 5.32 Å². The van der Waals surface area contributed by atoms with Gasteiger partial charge in [-0.05, 0) is 24.3 Å². The molecule has 2 atom stereocenters. The molecule has 0 fully saturated rings. The Morgan fingerprint density at radius 1 is 1.26 bits per heavy atom. The Morgan fingerprint density at radius 3 is 2.35 bits per heavy atom. The van der Waals surface area contributed by atoms with E-state index < -0.39 is 11.5 Å².